The molecule has 0 aliphatic heterocycles. The fourth-order valence-electron chi connectivity index (χ4n) is 0.0250. The Morgan fingerprint density at radius 3 is 2.17 bits per heavy atom. The Morgan fingerprint density at radius 2 is 2.17 bits per heavy atom. The van der Waals surface area contributed by atoms with Crippen molar-refractivity contribution < 1.29 is 56.6 Å². The summed E-state index contributed by atoms with van der Waals surface area (Å²) in [5, 5.41) is 16.1. The van der Waals surface area contributed by atoms with Crippen molar-refractivity contribution in [2.75, 3.05) is 0 Å². The largest absolute Gasteiger partial charge is 1.00 e. The third-order valence-electron chi connectivity index (χ3n) is 0.106. The first-order valence-corrected chi connectivity index (χ1v) is 0.921. The van der Waals surface area contributed by atoms with E-state index in [2.05, 4.69) is 5.32 Å². The normalized spacial score (nSPS) is 3.00. The molecule has 0 aromatic rings. The van der Waals surface area contributed by atoms with Crippen molar-refractivity contribution in [3.8, 4) is 12.4 Å². The Labute approximate surface area is 78.4 Å². The molecule has 0 bridgehead atoms. The van der Waals surface area contributed by atoms with Crippen LogP contribution in [0, 0.1) is 17.6 Å². The van der Waals surface area contributed by atoms with E-state index in [-0.39, 0.29) is 51.4 Å². The molecule has 0 aliphatic carbocycles. The fraction of sp³-hybridized carbons (Fsp3) is 0. The van der Waals surface area contributed by atoms with E-state index < -0.39 is 0 Å². The van der Waals surface area contributed by atoms with Gasteiger partial charge in [-0.1, -0.05) is 5.32 Å². The summed E-state index contributed by atoms with van der Waals surface area (Å²) in [4.78, 5) is 0. The maximum atomic E-state index is 7.47. The molecule has 6 heavy (non-hydrogen) atoms. The number of hydrogen-bond donors (Lipinski definition) is 1. The van der Waals surface area contributed by atoms with Crippen LogP contribution in [0.15, 0.2) is 0 Å². The molecule has 1 N–H and O–H groups in total. The van der Waals surface area contributed by atoms with Gasteiger partial charge in [-0.3, -0.25) is 0 Å². The van der Waals surface area contributed by atoms with Gasteiger partial charge in [-0.2, -0.15) is 5.26 Å². The Morgan fingerprint density at radius 1 is 1.67 bits per heavy atom. The van der Waals surface area contributed by atoms with E-state index >= 15 is 0 Å². The van der Waals surface area contributed by atoms with Crippen LogP contribution in [0.1, 0.15) is 0 Å². The first kappa shape index (κ1) is 9.65. The van der Waals surface area contributed by atoms with E-state index in [1.54, 1.807) is 0 Å². The van der Waals surface area contributed by atoms with Crippen LogP contribution >= 0.6 is 0 Å². The monoisotopic (exact) mass is 106 g/mol. The topological polar surface area (TPSA) is 61.7 Å². The Bertz CT molecular complexity index is 73.9. The van der Waals surface area contributed by atoms with Crippen LogP contribution in [0.3, 0.4) is 0 Å². The van der Waals surface area contributed by atoms with Crippen LogP contribution in [-0.4, -0.2) is 0 Å². The summed E-state index contributed by atoms with van der Waals surface area (Å²) < 4.78 is 0. The van der Waals surface area contributed by atoms with Crippen molar-refractivity contribution in [2.24, 2.45) is 0 Å². The molecule has 0 spiro atoms. The van der Waals surface area contributed by atoms with Crippen LogP contribution in [0.5, 0.6) is 0 Å². The van der Waals surface area contributed by atoms with Gasteiger partial charge in [0.2, 0.25) is 6.19 Å². The third-order valence-corrected chi connectivity index (χ3v) is 0.106. The predicted octanol–water partition coefficient (Wildman–Crippen LogP) is -4.42. The molecule has 0 saturated carbocycles. The summed E-state index contributed by atoms with van der Waals surface area (Å²) in [6.45, 7) is 0. The smallest absolute Gasteiger partial charge is 0.397 e. The number of rotatable bonds is 0. The van der Waals surface area contributed by atoms with Crippen LogP contribution < -0.4 is 56.6 Å². The number of hydrogen-bond acceptors (Lipinski definition) is 1. The quantitative estimate of drug-likeness (QED) is 0.246. The number of nitrogens with zero attached hydrogens (tertiary/aromatic N) is 2. The Balaban J connectivity index is 0. The third kappa shape index (κ3) is 8.83. The van der Waals surface area contributed by atoms with Crippen molar-refractivity contribution in [3.63, 3.8) is 0 Å². The molecule has 0 atom stereocenters. The molecule has 4 heteroatoms. The molecule has 0 heterocycles. The van der Waals surface area contributed by atoms with Crippen molar-refractivity contribution in [1.82, 2.24) is 0 Å². The minimum Gasteiger partial charge on any atom is -0.397 e. The minimum atomic E-state index is 0. The van der Waals surface area contributed by atoms with Crippen molar-refractivity contribution in [3.05, 3.63) is 5.32 Å². The van der Waals surface area contributed by atoms with Crippen molar-refractivity contribution in [2.45, 2.75) is 0 Å². The minimum absolute atomic E-state index is 0. The first-order valence-electron chi connectivity index (χ1n) is 0.921. The molecule has 0 fully saturated rings. The van der Waals surface area contributed by atoms with Crippen molar-refractivity contribution >= 4 is 0 Å². The van der Waals surface area contributed by atoms with Gasteiger partial charge in [-0.25, -0.2) is 0 Å². The molecule has 24 valence electrons. The van der Waals surface area contributed by atoms with Crippen molar-refractivity contribution in [1.29, 1.82) is 5.26 Å². The molecule has 0 amide bonds. The molecule has 3 nitrogen and oxygen atoms in total. The van der Waals surface area contributed by atoms with E-state index in [0.717, 1.165) is 0 Å². The summed E-state index contributed by atoms with van der Waals surface area (Å²) in [7, 11) is 0. The number of nitrogens with one attached hydrogen (secondary N) is 1. The maximum absolute atomic E-state index is 7.47. The second-order valence-electron chi connectivity index (χ2n) is 0.324. The molecular formula is C2HKN3+. The molecule has 0 saturated heterocycles. The van der Waals surface area contributed by atoms with Gasteiger partial charge in [0.25, 0.3) is 0 Å². The predicted molar refractivity (Wildman–Crippen MR) is 13.8 cm³/mol. The van der Waals surface area contributed by atoms with Gasteiger partial charge in [0.05, 0.1) is 0 Å². The number of nitriles is 1. The van der Waals surface area contributed by atoms with E-state index in [9.17, 15) is 0 Å². The van der Waals surface area contributed by atoms with E-state index in [1.165, 1.54) is 12.4 Å². The molecule has 0 aromatic carbocycles. The second kappa shape index (κ2) is 9.05. The van der Waals surface area contributed by atoms with E-state index in [1.807, 2.05) is 0 Å². The average Bonchev–Trinajstić information content (AvgIpc) is 1.41. The van der Waals surface area contributed by atoms with Crippen LogP contribution in [0.25, 0.3) is 5.32 Å². The van der Waals surface area contributed by atoms with Gasteiger partial charge in [0.15, 0.2) is 6.19 Å². The average molecular weight is 106 g/mol. The molecule has 0 unspecified atom stereocenters. The summed E-state index contributed by atoms with van der Waals surface area (Å²) in [5.74, 6) is 0. The van der Waals surface area contributed by atoms with Crippen LogP contribution in [0.4, 0.5) is 0 Å². The van der Waals surface area contributed by atoms with Gasteiger partial charge in [0.1, 0.15) is 0 Å². The standard InChI is InChI=1S/C2N3.K/c3-1-5-2-4;/q-1;+1/p+1. The molecule has 0 radical (unpaired) electrons. The zero-order chi connectivity index (χ0) is 4.12. The summed E-state index contributed by atoms with van der Waals surface area (Å²) in [6.07, 6.45) is 2.88. The molecule has 0 rings (SSSR count). The van der Waals surface area contributed by atoms with Crippen LogP contribution in [0.2, 0.25) is 0 Å². The van der Waals surface area contributed by atoms with Gasteiger partial charge >= 0.3 is 51.4 Å². The van der Waals surface area contributed by atoms with E-state index in [0.29, 0.717) is 0 Å². The zero-order valence-corrected chi connectivity index (χ0v) is 6.52. The van der Waals surface area contributed by atoms with E-state index in [4.69, 9.17) is 10.5 Å². The fourth-order valence-corrected chi connectivity index (χ4v) is 0.0250. The molecule has 0 aromatic heterocycles. The summed E-state index contributed by atoms with van der Waals surface area (Å²) >= 11 is 0. The summed E-state index contributed by atoms with van der Waals surface area (Å²) in [5.41, 5.74) is 0. The molecular weight excluding hydrogens is 105 g/mol. The second-order valence-corrected chi connectivity index (χ2v) is 0.324. The Kier molecular flexibility index (Phi) is 14.6. The summed E-state index contributed by atoms with van der Waals surface area (Å²) in [6, 6.07) is 0. The van der Waals surface area contributed by atoms with Gasteiger partial charge < -0.3 is 5.26 Å². The van der Waals surface area contributed by atoms with Crippen LogP contribution in [-0.2, 0) is 0 Å². The first-order chi connectivity index (χ1) is 2.41. The van der Waals surface area contributed by atoms with Gasteiger partial charge in [-0.05, 0) is 0 Å². The SMILES string of the molecule is N#C[N-]C#[NH+].[K+]. The maximum Gasteiger partial charge on any atom is 1.00 e. The Hall–Kier alpha value is 0.416. The molecule has 0 aliphatic rings. The van der Waals surface area contributed by atoms with Gasteiger partial charge in [0, 0.05) is 0 Å². The zero-order valence-electron chi connectivity index (χ0n) is 3.39. The van der Waals surface area contributed by atoms with Gasteiger partial charge in [-0.15, -0.1) is 0 Å².